The van der Waals surface area contributed by atoms with Crippen molar-refractivity contribution in [1.29, 1.82) is 0 Å². The smallest absolute Gasteiger partial charge is 0.334 e. The van der Waals surface area contributed by atoms with Crippen LogP contribution >= 0.6 is 0 Å². The maximum Gasteiger partial charge on any atom is 0.334 e. The van der Waals surface area contributed by atoms with Gasteiger partial charge in [0.2, 0.25) is 0 Å². The molecule has 2 unspecified atom stereocenters. The molecule has 0 saturated heterocycles. The highest BCUT2D eigenvalue weighted by atomic mass is 16.5. The van der Waals surface area contributed by atoms with E-state index in [1.54, 1.807) is 0 Å². The number of allylic oxidation sites excluding steroid dienone is 2. The summed E-state index contributed by atoms with van der Waals surface area (Å²) in [6.07, 6.45) is 5.42. The first-order valence-corrected chi connectivity index (χ1v) is 8.64. The molecule has 1 saturated carbocycles. The number of hydrogen-bond donors (Lipinski definition) is 0. The fourth-order valence-electron chi connectivity index (χ4n) is 5.01. The Labute approximate surface area is 137 Å². The standard InChI is InChI=1S/C19H26O4/c1-10-8-9-13-11(2)15(18(20)22-3)17(19(21)23-4)14-7-5-6-12(10)16(13)14/h10-12,14H,5-9H2,1-4H3/t10-,11?,12+,14?/m0/s1. The Hall–Kier alpha value is -1.58. The minimum atomic E-state index is -0.384. The van der Waals surface area contributed by atoms with E-state index in [2.05, 4.69) is 6.92 Å². The molecule has 0 radical (unpaired) electrons. The normalized spacial score (nSPS) is 33.2. The molecule has 3 rings (SSSR count). The monoisotopic (exact) mass is 318 g/mol. The zero-order valence-corrected chi connectivity index (χ0v) is 14.5. The van der Waals surface area contributed by atoms with Gasteiger partial charge in [0.25, 0.3) is 0 Å². The Kier molecular flexibility index (Phi) is 4.35. The third-order valence-corrected chi connectivity index (χ3v) is 6.11. The van der Waals surface area contributed by atoms with Crippen molar-refractivity contribution in [2.24, 2.45) is 23.7 Å². The van der Waals surface area contributed by atoms with Crippen LogP contribution < -0.4 is 0 Å². The molecule has 4 nitrogen and oxygen atoms in total. The molecule has 0 aromatic heterocycles. The van der Waals surface area contributed by atoms with E-state index in [4.69, 9.17) is 9.47 Å². The SMILES string of the molecule is COC(=O)C1=C(C(=O)OC)C2CCC[C@H]3C2=C(CC[C@@H]3C)C1C. The van der Waals surface area contributed by atoms with Crippen LogP contribution in [0.2, 0.25) is 0 Å². The van der Waals surface area contributed by atoms with Crippen LogP contribution in [-0.4, -0.2) is 26.2 Å². The highest BCUT2D eigenvalue weighted by Crippen LogP contribution is 2.54. The minimum absolute atomic E-state index is 0.0455. The largest absolute Gasteiger partial charge is 0.466 e. The molecule has 3 aliphatic carbocycles. The molecular weight excluding hydrogens is 292 g/mol. The van der Waals surface area contributed by atoms with Gasteiger partial charge in [-0.2, -0.15) is 0 Å². The lowest BCUT2D eigenvalue weighted by molar-refractivity contribution is -0.140. The van der Waals surface area contributed by atoms with Gasteiger partial charge in [0.05, 0.1) is 25.4 Å². The van der Waals surface area contributed by atoms with Gasteiger partial charge >= 0.3 is 11.9 Å². The van der Waals surface area contributed by atoms with Gasteiger partial charge in [0, 0.05) is 11.8 Å². The quantitative estimate of drug-likeness (QED) is 0.578. The van der Waals surface area contributed by atoms with Crippen LogP contribution in [0.3, 0.4) is 0 Å². The zero-order chi connectivity index (χ0) is 16.7. The van der Waals surface area contributed by atoms with Gasteiger partial charge in [0.1, 0.15) is 0 Å². The average Bonchev–Trinajstić information content (AvgIpc) is 2.57. The summed E-state index contributed by atoms with van der Waals surface area (Å²) in [6, 6.07) is 0. The molecule has 3 aliphatic rings. The second-order valence-electron chi connectivity index (χ2n) is 7.12. The molecule has 126 valence electrons. The molecule has 23 heavy (non-hydrogen) atoms. The fraction of sp³-hybridized carbons (Fsp3) is 0.684. The van der Waals surface area contributed by atoms with Crippen molar-refractivity contribution < 1.29 is 19.1 Å². The summed E-state index contributed by atoms with van der Waals surface area (Å²) in [5, 5.41) is 0. The number of ether oxygens (including phenoxy) is 2. The summed E-state index contributed by atoms with van der Waals surface area (Å²) in [6.45, 7) is 4.36. The van der Waals surface area contributed by atoms with Crippen LogP contribution in [0.15, 0.2) is 22.3 Å². The van der Waals surface area contributed by atoms with E-state index < -0.39 is 0 Å². The lowest BCUT2D eigenvalue weighted by Gasteiger charge is -2.46. The number of carbonyl (C=O) groups is 2. The van der Waals surface area contributed by atoms with Crippen LogP contribution in [-0.2, 0) is 19.1 Å². The first kappa shape index (κ1) is 16.3. The van der Waals surface area contributed by atoms with Gasteiger partial charge in [0.15, 0.2) is 0 Å². The molecule has 0 amide bonds. The van der Waals surface area contributed by atoms with Crippen molar-refractivity contribution in [3.8, 4) is 0 Å². The number of rotatable bonds is 2. The highest BCUT2D eigenvalue weighted by Gasteiger charge is 2.46. The minimum Gasteiger partial charge on any atom is -0.466 e. The second-order valence-corrected chi connectivity index (χ2v) is 7.12. The topological polar surface area (TPSA) is 52.6 Å². The first-order valence-electron chi connectivity index (χ1n) is 8.64. The molecule has 0 N–H and O–H groups in total. The van der Waals surface area contributed by atoms with Crippen LogP contribution in [0.5, 0.6) is 0 Å². The Bertz CT molecular complexity index is 598. The summed E-state index contributed by atoms with van der Waals surface area (Å²) >= 11 is 0. The van der Waals surface area contributed by atoms with Crippen LogP contribution in [0, 0.1) is 23.7 Å². The Balaban J connectivity index is 2.17. The fourth-order valence-corrected chi connectivity index (χ4v) is 5.01. The molecule has 4 atom stereocenters. The van der Waals surface area contributed by atoms with Crippen molar-refractivity contribution in [2.75, 3.05) is 14.2 Å². The Morgan fingerprint density at radius 1 is 0.957 bits per heavy atom. The predicted molar refractivity (Wildman–Crippen MR) is 86.5 cm³/mol. The number of esters is 2. The van der Waals surface area contributed by atoms with Gasteiger partial charge in [-0.1, -0.05) is 31.4 Å². The lowest BCUT2D eigenvalue weighted by Crippen LogP contribution is -2.39. The van der Waals surface area contributed by atoms with E-state index in [1.165, 1.54) is 38.2 Å². The molecule has 0 spiro atoms. The van der Waals surface area contributed by atoms with Crippen molar-refractivity contribution >= 4 is 11.9 Å². The molecule has 0 aliphatic heterocycles. The third kappa shape index (κ3) is 2.43. The van der Waals surface area contributed by atoms with Gasteiger partial charge in [-0.3, -0.25) is 0 Å². The van der Waals surface area contributed by atoms with Gasteiger partial charge in [-0.15, -0.1) is 0 Å². The number of carbonyl (C=O) groups excluding carboxylic acids is 2. The Morgan fingerprint density at radius 2 is 1.61 bits per heavy atom. The van der Waals surface area contributed by atoms with Gasteiger partial charge in [-0.05, 0) is 37.5 Å². The highest BCUT2D eigenvalue weighted by molar-refractivity contribution is 6.02. The zero-order valence-electron chi connectivity index (χ0n) is 14.5. The third-order valence-electron chi connectivity index (χ3n) is 6.11. The van der Waals surface area contributed by atoms with E-state index in [9.17, 15) is 9.59 Å². The second kappa shape index (κ2) is 6.14. The average molecular weight is 318 g/mol. The van der Waals surface area contributed by atoms with Crippen molar-refractivity contribution in [3.05, 3.63) is 22.3 Å². The number of hydrogen-bond acceptors (Lipinski definition) is 4. The van der Waals surface area contributed by atoms with E-state index >= 15 is 0 Å². The van der Waals surface area contributed by atoms with Crippen LogP contribution in [0.1, 0.15) is 46.0 Å². The van der Waals surface area contributed by atoms with Gasteiger partial charge in [-0.25, -0.2) is 9.59 Å². The summed E-state index contributed by atoms with van der Waals surface area (Å²) in [7, 11) is 2.77. The van der Waals surface area contributed by atoms with Crippen molar-refractivity contribution in [2.45, 2.75) is 46.0 Å². The lowest BCUT2D eigenvalue weighted by atomic mass is 9.58. The van der Waals surface area contributed by atoms with Crippen LogP contribution in [0.25, 0.3) is 0 Å². The maximum atomic E-state index is 12.5. The molecule has 0 aromatic rings. The molecule has 0 bridgehead atoms. The summed E-state index contributed by atoms with van der Waals surface area (Å²) < 4.78 is 10.0. The maximum absolute atomic E-state index is 12.5. The summed E-state index contributed by atoms with van der Waals surface area (Å²) in [5.41, 5.74) is 3.91. The predicted octanol–water partition coefficient (Wildman–Crippen LogP) is 3.42. The van der Waals surface area contributed by atoms with Crippen molar-refractivity contribution in [3.63, 3.8) is 0 Å². The molecule has 0 aromatic carbocycles. The van der Waals surface area contributed by atoms with Gasteiger partial charge < -0.3 is 9.47 Å². The molecular formula is C19H26O4. The molecule has 0 heterocycles. The van der Waals surface area contributed by atoms with Crippen LogP contribution in [0.4, 0.5) is 0 Å². The van der Waals surface area contributed by atoms with E-state index in [0.29, 0.717) is 23.0 Å². The van der Waals surface area contributed by atoms with E-state index in [-0.39, 0.29) is 23.8 Å². The summed E-state index contributed by atoms with van der Waals surface area (Å²) in [4.78, 5) is 24.9. The number of methoxy groups -OCH3 is 2. The van der Waals surface area contributed by atoms with E-state index in [0.717, 1.165) is 19.3 Å². The van der Waals surface area contributed by atoms with E-state index in [1.807, 2.05) is 6.92 Å². The summed E-state index contributed by atoms with van der Waals surface area (Å²) in [5.74, 6) is 0.458. The first-order chi connectivity index (χ1) is 11.0. The molecule has 1 fully saturated rings. The Morgan fingerprint density at radius 3 is 2.26 bits per heavy atom. The van der Waals surface area contributed by atoms with Crippen molar-refractivity contribution in [1.82, 2.24) is 0 Å². The molecule has 4 heteroatoms.